The summed E-state index contributed by atoms with van der Waals surface area (Å²) in [6.45, 7) is 3.73. The van der Waals surface area contributed by atoms with Crippen LogP contribution < -0.4 is 10.5 Å². The molecule has 0 fully saturated rings. The number of hydrogen-bond acceptors (Lipinski definition) is 3. The summed E-state index contributed by atoms with van der Waals surface area (Å²) in [5, 5.41) is 9.89. The van der Waals surface area contributed by atoms with E-state index in [1.54, 1.807) is 0 Å². The first-order chi connectivity index (χ1) is 6.49. The third-order valence-electron chi connectivity index (χ3n) is 2.11. The number of phenolic OH excluding ortho intramolecular Hbond substituents is 1. The van der Waals surface area contributed by atoms with Crippen molar-refractivity contribution in [3.8, 4) is 11.5 Å². The lowest BCUT2D eigenvalue weighted by molar-refractivity contribution is 0.366. The lowest BCUT2D eigenvalue weighted by Gasteiger charge is -2.16. The lowest BCUT2D eigenvalue weighted by Crippen LogP contribution is -2.08. The molecule has 4 heteroatoms. The number of ether oxygens (including phenoxy) is 1. The number of aromatic hydroxyl groups is 1. The SMILES string of the molecule is COc1c(Br)cc(C)c(C(C)N)c1O. The number of aryl methyl sites for hydroxylation is 1. The van der Waals surface area contributed by atoms with Gasteiger partial charge in [0.2, 0.25) is 0 Å². The molecular weight excluding hydrogens is 246 g/mol. The van der Waals surface area contributed by atoms with E-state index in [1.165, 1.54) is 7.11 Å². The molecule has 0 spiro atoms. The van der Waals surface area contributed by atoms with Gasteiger partial charge in [0.25, 0.3) is 0 Å². The van der Waals surface area contributed by atoms with E-state index in [4.69, 9.17) is 10.5 Å². The van der Waals surface area contributed by atoms with Crippen LogP contribution >= 0.6 is 15.9 Å². The van der Waals surface area contributed by atoms with E-state index in [1.807, 2.05) is 19.9 Å². The third-order valence-corrected chi connectivity index (χ3v) is 2.70. The van der Waals surface area contributed by atoms with E-state index in [0.717, 1.165) is 15.6 Å². The summed E-state index contributed by atoms with van der Waals surface area (Å²) in [6, 6.07) is 1.68. The van der Waals surface area contributed by atoms with Gasteiger partial charge in [-0.3, -0.25) is 0 Å². The summed E-state index contributed by atoms with van der Waals surface area (Å²) in [6.07, 6.45) is 0. The Bertz CT molecular complexity index is 350. The van der Waals surface area contributed by atoms with Gasteiger partial charge in [0.15, 0.2) is 11.5 Å². The molecule has 0 aromatic heterocycles. The second-order valence-corrected chi connectivity index (χ2v) is 4.11. The molecule has 14 heavy (non-hydrogen) atoms. The van der Waals surface area contributed by atoms with Gasteiger partial charge in [0, 0.05) is 11.6 Å². The maximum absolute atomic E-state index is 9.89. The van der Waals surface area contributed by atoms with Gasteiger partial charge >= 0.3 is 0 Å². The predicted octanol–water partition coefficient (Wildman–Crippen LogP) is 2.49. The van der Waals surface area contributed by atoms with Gasteiger partial charge in [-0.15, -0.1) is 0 Å². The molecule has 0 aliphatic heterocycles. The highest BCUT2D eigenvalue weighted by atomic mass is 79.9. The Kier molecular flexibility index (Phi) is 3.39. The van der Waals surface area contributed by atoms with Crippen LogP contribution in [-0.4, -0.2) is 12.2 Å². The Labute approximate surface area is 92.0 Å². The fraction of sp³-hybridized carbons (Fsp3) is 0.400. The van der Waals surface area contributed by atoms with E-state index in [0.29, 0.717) is 5.75 Å². The molecule has 0 saturated heterocycles. The number of phenols is 1. The number of benzene rings is 1. The minimum atomic E-state index is -0.211. The van der Waals surface area contributed by atoms with Crippen LogP contribution in [-0.2, 0) is 0 Å². The normalized spacial score (nSPS) is 12.6. The van der Waals surface area contributed by atoms with Crippen molar-refractivity contribution < 1.29 is 9.84 Å². The van der Waals surface area contributed by atoms with Crippen LogP contribution in [0.5, 0.6) is 11.5 Å². The van der Waals surface area contributed by atoms with E-state index in [2.05, 4.69) is 15.9 Å². The first kappa shape index (κ1) is 11.3. The average Bonchev–Trinajstić information content (AvgIpc) is 2.02. The van der Waals surface area contributed by atoms with Gasteiger partial charge in [-0.25, -0.2) is 0 Å². The molecule has 3 nitrogen and oxygen atoms in total. The predicted molar refractivity (Wildman–Crippen MR) is 59.7 cm³/mol. The Morgan fingerprint density at radius 2 is 2.14 bits per heavy atom. The molecule has 0 radical (unpaired) electrons. The summed E-state index contributed by atoms with van der Waals surface area (Å²) in [5.41, 5.74) is 7.43. The Morgan fingerprint density at radius 1 is 1.57 bits per heavy atom. The molecule has 1 aromatic carbocycles. The molecule has 3 N–H and O–H groups in total. The van der Waals surface area contributed by atoms with Crippen LogP contribution in [0.2, 0.25) is 0 Å². The number of methoxy groups -OCH3 is 1. The van der Waals surface area contributed by atoms with Gasteiger partial charge in [0.05, 0.1) is 11.6 Å². The van der Waals surface area contributed by atoms with E-state index < -0.39 is 0 Å². The van der Waals surface area contributed by atoms with Crippen LogP contribution in [0, 0.1) is 6.92 Å². The second kappa shape index (κ2) is 4.19. The summed E-state index contributed by atoms with van der Waals surface area (Å²) < 4.78 is 5.80. The quantitative estimate of drug-likeness (QED) is 0.858. The summed E-state index contributed by atoms with van der Waals surface area (Å²) >= 11 is 3.32. The zero-order valence-corrected chi connectivity index (χ0v) is 10.1. The van der Waals surface area contributed by atoms with Crippen molar-refractivity contribution in [1.29, 1.82) is 0 Å². The molecular formula is C10H14BrNO2. The molecule has 0 aliphatic rings. The Hall–Kier alpha value is -0.740. The Morgan fingerprint density at radius 3 is 2.57 bits per heavy atom. The molecule has 0 bridgehead atoms. The summed E-state index contributed by atoms with van der Waals surface area (Å²) in [4.78, 5) is 0. The molecule has 1 unspecified atom stereocenters. The van der Waals surface area contributed by atoms with Crippen LogP contribution in [0.15, 0.2) is 10.5 Å². The number of halogens is 1. The second-order valence-electron chi connectivity index (χ2n) is 3.26. The van der Waals surface area contributed by atoms with Crippen molar-refractivity contribution in [3.05, 3.63) is 21.7 Å². The monoisotopic (exact) mass is 259 g/mol. The maximum atomic E-state index is 9.89. The molecule has 0 amide bonds. The smallest absolute Gasteiger partial charge is 0.175 e. The van der Waals surface area contributed by atoms with Crippen LogP contribution in [0.4, 0.5) is 0 Å². The van der Waals surface area contributed by atoms with Crippen molar-refractivity contribution in [2.75, 3.05) is 7.11 Å². The minimum absolute atomic E-state index is 0.120. The highest BCUT2D eigenvalue weighted by Crippen LogP contribution is 2.41. The van der Waals surface area contributed by atoms with Gasteiger partial charge in [-0.2, -0.15) is 0 Å². The van der Waals surface area contributed by atoms with E-state index in [9.17, 15) is 5.11 Å². The lowest BCUT2D eigenvalue weighted by atomic mass is 10.0. The van der Waals surface area contributed by atoms with Gasteiger partial charge < -0.3 is 15.6 Å². The zero-order chi connectivity index (χ0) is 10.9. The van der Waals surface area contributed by atoms with Crippen LogP contribution in [0.3, 0.4) is 0 Å². The van der Waals surface area contributed by atoms with Crippen LogP contribution in [0.25, 0.3) is 0 Å². The maximum Gasteiger partial charge on any atom is 0.175 e. The zero-order valence-electron chi connectivity index (χ0n) is 8.47. The van der Waals surface area contributed by atoms with Crippen molar-refractivity contribution in [1.82, 2.24) is 0 Å². The van der Waals surface area contributed by atoms with Gasteiger partial charge in [-0.05, 0) is 41.4 Å². The fourth-order valence-corrected chi connectivity index (χ4v) is 2.22. The standard InChI is InChI=1S/C10H14BrNO2/c1-5-4-7(11)10(14-3)9(13)8(5)6(2)12/h4,6,13H,12H2,1-3H3. The molecule has 1 atom stereocenters. The minimum Gasteiger partial charge on any atom is -0.504 e. The van der Waals surface area contributed by atoms with Crippen molar-refractivity contribution in [2.24, 2.45) is 5.73 Å². The van der Waals surface area contributed by atoms with Gasteiger partial charge in [0.1, 0.15) is 0 Å². The first-order valence-corrected chi connectivity index (χ1v) is 5.09. The van der Waals surface area contributed by atoms with Crippen LogP contribution in [0.1, 0.15) is 24.1 Å². The average molecular weight is 260 g/mol. The first-order valence-electron chi connectivity index (χ1n) is 4.30. The molecule has 78 valence electrons. The molecule has 0 saturated carbocycles. The molecule has 1 aromatic rings. The highest BCUT2D eigenvalue weighted by molar-refractivity contribution is 9.10. The Balaban J connectivity index is 3.44. The fourth-order valence-electron chi connectivity index (χ4n) is 1.52. The largest absolute Gasteiger partial charge is 0.504 e. The summed E-state index contributed by atoms with van der Waals surface area (Å²) in [7, 11) is 1.51. The van der Waals surface area contributed by atoms with Crippen molar-refractivity contribution in [2.45, 2.75) is 19.9 Å². The highest BCUT2D eigenvalue weighted by Gasteiger charge is 2.17. The number of rotatable bonds is 2. The topological polar surface area (TPSA) is 55.5 Å². The van der Waals surface area contributed by atoms with E-state index in [-0.39, 0.29) is 11.8 Å². The number of nitrogens with two attached hydrogens (primary N) is 1. The van der Waals surface area contributed by atoms with Crippen molar-refractivity contribution in [3.63, 3.8) is 0 Å². The summed E-state index contributed by atoms with van der Waals surface area (Å²) in [5.74, 6) is 0.553. The van der Waals surface area contributed by atoms with Crippen molar-refractivity contribution >= 4 is 15.9 Å². The third kappa shape index (κ3) is 1.86. The number of hydrogen-bond donors (Lipinski definition) is 2. The molecule has 0 aliphatic carbocycles. The van der Waals surface area contributed by atoms with E-state index >= 15 is 0 Å². The molecule has 1 rings (SSSR count). The van der Waals surface area contributed by atoms with Gasteiger partial charge in [-0.1, -0.05) is 0 Å². The molecule has 0 heterocycles.